The topological polar surface area (TPSA) is 75.9 Å². The van der Waals surface area contributed by atoms with Crippen LogP contribution in [0.15, 0.2) is 30.5 Å². The summed E-state index contributed by atoms with van der Waals surface area (Å²) in [6.07, 6.45) is 11.0. The number of aromatic nitrogens is 4. The highest BCUT2D eigenvalue weighted by Gasteiger charge is 2.25. The van der Waals surface area contributed by atoms with E-state index < -0.39 is 0 Å². The zero-order valence-electron chi connectivity index (χ0n) is 21.2. The number of ketones is 1. The van der Waals surface area contributed by atoms with Gasteiger partial charge in [-0.15, -0.1) is 0 Å². The summed E-state index contributed by atoms with van der Waals surface area (Å²) < 4.78 is 2.07. The van der Waals surface area contributed by atoms with Gasteiger partial charge < -0.3 is 5.32 Å². The number of hydrogen-bond donors (Lipinski definition) is 1. The third-order valence-corrected chi connectivity index (χ3v) is 7.49. The van der Waals surface area contributed by atoms with E-state index in [1.165, 1.54) is 37.9 Å². The van der Waals surface area contributed by atoms with Crippen molar-refractivity contribution >= 4 is 22.8 Å². The van der Waals surface area contributed by atoms with Gasteiger partial charge in [-0.05, 0) is 57.7 Å². The van der Waals surface area contributed by atoms with Crippen LogP contribution in [0.25, 0.3) is 22.3 Å². The fourth-order valence-electron chi connectivity index (χ4n) is 5.50. The normalized spacial score (nSPS) is 18.7. The van der Waals surface area contributed by atoms with Crippen LogP contribution in [0.5, 0.6) is 0 Å². The van der Waals surface area contributed by atoms with Crippen LogP contribution in [0.2, 0.25) is 0 Å². The van der Waals surface area contributed by atoms with E-state index in [1.54, 1.807) is 0 Å². The number of nitrogens with one attached hydrogen (secondary N) is 1. The van der Waals surface area contributed by atoms with E-state index >= 15 is 0 Å². The molecular formula is C28H38N6O. The van der Waals surface area contributed by atoms with Crippen LogP contribution in [-0.4, -0.2) is 49.6 Å². The van der Waals surface area contributed by atoms with Crippen molar-refractivity contribution in [3.8, 4) is 11.3 Å². The van der Waals surface area contributed by atoms with Crippen LogP contribution in [0.1, 0.15) is 83.2 Å². The Morgan fingerprint density at radius 3 is 2.54 bits per heavy atom. The van der Waals surface area contributed by atoms with Crippen LogP contribution >= 0.6 is 0 Å². The van der Waals surface area contributed by atoms with Gasteiger partial charge in [0.05, 0.1) is 11.4 Å². The molecule has 186 valence electrons. The van der Waals surface area contributed by atoms with Crippen LogP contribution in [-0.2, 0) is 11.3 Å². The number of anilines is 1. The molecule has 1 saturated carbocycles. The molecule has 2 fully saturated rings. The zero-order chi connectivity index (χ0) is 24.2. The summed E-state index contributed by atoms with van der Waals surface area (Å²) in [4.78, 5) is 24.0. The summed E-state index contributed by atoms with van der Waals surface area (Å²) in [6.45, 7) is 7.76. The van der Waals surface area contributed by atoms with Gasteiger partial charge >= 0.3 is 0 Å². The molecule has 2 aliphatic rings. The summed E-state index contributed by atoms with van der Waals surface area (Å²) in [5, 5.41) is 9.49. The first-order chi connectivity index (χ1) is 17.1. The minimum atomic E-state index is 0.193. The van der Waals surface area contributed by atoms with E-state index in [0.29, 0.717) is 30.6 Å². The fraction of sp³-hybridized carbons (Fsp3) is 0.571. The minimum Gasteiger partial charge on any atom is -0.352 e. The van der Waals surface area contributed by atoms with Crippen LogP contribution in [0.4, 0.5) is 5.95 Å². The van der Waals surface area contributed by atoms with E-state index in [1.807, 2.05) is 6.20 Å². The van der Waals surface area contributed by atoms with Gasteiger partial charge in [0.15, 0.2) is 5.65 Å². The number of carbonyl (C=O) groups excluding carboxylic acids is 1. The molecule has 1 aliphatic carbocycles. The molecule has 0 spiro atoms. The van der Waals surface area contributed by atoms with Crippen molar-refractivity contribution in [1.29, 1.82) is 0 Å². The molecule has 3 heterocycles. The lowest BCUT2D eigenvalue weighted by Gasteiger charge is -2.26. The first kappa shape index (κ1) is 23.9. The quantitative estimate of drug-likeness (QED) is 0.447. The molecule has 7 heteroatoms. The molecular weight excluding hydrogens is 436 g/mol. The summed E-state index contributed by atoms with van der Waals surface area (Å²) >= 11 is 0. The lowest BCUT2D eigenvalue weighted by Crippen LogP contribution is -2.28. The number of rotatable bonds is 8. The number of Topliss-reactive ketones (excluding diaryl/α,β-unsaturated/α-hetero) is 1. The van der Waals surface area contributed by atoms with E-state index in [0.717, 1.165) is 54.5 Å². The molecule has 3 aromatic rings. The Hall–Kier alpha value is -2.80. The van der Waals surface area contributed by atoms with Crippen molar-refractivity contribution in [3.63, 3.8) is 0 Å². The van der Waals surface area contributed by atoms with Crippen molar-refractivity contribution in [3.05, 3.63) is 36.0 Å². The number of nitrogens with zero attached hydrogens (tertiary/aromatic N) is 5. The highest BCUT2D eigenvalue weighted by atomic mass is 16.1. The molecule has 1 atom stereocenters. The summed E-state index contributed by atoms with van der Waals surface area (Å²) in [5.41, 5.74) is 4.22. The molecule has 0 bridgehead atoms. The van der Waals surface area contributed by atoms with Gasteiger partial charge in [0, 0.05) is 37.2 Å². The lowest BCUT2D eigenvalue weighted by molar-refractivity contribution is -0.120. The Balaban J connectivity index is 1.45. The van der Waals surface area contributed by atoms with Crippen molar-refractivity contribution in [2.75, 3.05) is 18.4 Å². The second kappa shape index (κ2) is 10.9. The van der Waals surface area contributed by atoms with Crippen molar-refractivity contribution < 1.29 is 4.79 Å². The lowest BCUT2D eigenvalue weighted by atomic mass is 9.94. The number of carbonyl (C=O) groups is 1. The Labute approximate surface area is 208 Å². The summed E-state index contributed by atoms with van der Waals surface area (Å²) in [6, 6.07) is 9.34. The predicted octanol–water partition coefficient (Wildman–Crippen LogP) is 5.76. The second-order valence-corrected chi connectivity index (χ2v) is 10.4. The Morgan fingerprint density at radius 1 is 1.09 bits per heavy atom. The van der Waals surface area contributed by atoms with Crippen molar-refractivity contribution in [2.24, 2.45) is 0 Å². The van der Waals surface area contributed by atoms with E-state index in [2.05, 4.69) is 58.0 Å². The van der Waals surface area contributed by atoms with Gasteiger partial charge in [-0.1, -0.05) is 44.0 Å². The first-order valence-electron chi connectivity index (χ1n) is 13.5. The van der Waals surface area contributed by atoms with Gasteiger partial charge in [0.25, 0.3) is 0 Å². The molecule has 1 unspecified atom stereocenters. The molecule has 5 rings (SSSR count). The van der Waals surface area contributed by atoms with Gasteiger partial charge in [-0.3, -0.25) is 9.69 Å². The average Bonchev–Trinajstić information content (AvgIpc) is 3.24. The predicted molar refractivity (Wildman–Crippen MR) is 140 cm³/mol. The molecule has 7 nitrogen and oxygen atoms in total. The largest absolute Gasteiger partial charge is 0.352 e. The maximum Gasteiger partial charge on any atom is 0.224 e. The number of benzene rings is 1. The van der Waals surface area contributed by atoms with E-state index in [-0.39, 0.29) is 6.04 Å². The third kappa shape index (κ3) is 5.56. The van der Waals surface area contributed by atoms with E-state index in [4.69, 9.17) is 10.1 Å². The smallest absolute Gasteiger partial charge is 0.224 e. The highest BCUT2D eigenvalue weighted by Crippen LogP contribution is 2.34. The molecule has 1 N–H and O–H groups in total. The van der Waals surface area contributed by atoms with Crippen LogP contribution < -0.4 is 5.32 Å². The summed E-state index contributed by atoms with van der Waals surface area (Å²) in [5.74, 6) is 1.00. The van der Waals surface area contributed by atoms with Crippen molar-refractivity contribution in [2.45, 2.75) is 90.3 Å². The Bertz CT molecular complexity index is 1140. The number of hydrogen-bond acceptors (Lipinski definition) is 6. The molecule has 0 radical (unpaired) electrons. The Morgan fingerprint density at radius 2 is 1.83 bits per heavy atom. The van der Waals surface area contributed by atoms with Gasteiger partial charge in [0.1, 0.15) is 11.5 Å². The number of fused-ring (bicyclic) bond motifs is 1. The van der Waals surface area contributed by atoms with E-state index in [9.17, 15) is 4.79 Å². The van der Waals surface area contributed by atoms with Gasteiger partial charge in [-0.25, -0.2) is 9.67 Å². The maximum absolute atomic E-state index is 11.9. The monoisotopic (exact) mass is 474 g/mol. The van der Waals surface area contributed by atoms with Gasteiger partial charge in [-0.2, -0.15) is 10.1 Å². The first-order valence-corrected chi connectivity index (χ1v) is 13.5. The average molecular weight is 475 g/mol. The SMILES string of the molecule is CCCC(C)Nc1ncc2c(-c3ccc(CN4CCCCC4)cc3)nn(C3CCC(=O)CC3)c2n1. The number of piperidine rings is 1. The molecule has 1 aliphatic heterocycles. The standard InChI is InChI=1S/C28H38N6O/c1-3-7-20(2)30-28-29-18-25-26(32-34(27(25)31-28)23-12-14-24(35)15-13-23)22-10-8-21(9-11-22)19-33-16-5-4-6-17-33/h8-11,18,20,23H,3-7,12-17,19H2,1-2H3,(H,29,30,31). The summed E-state index contributed by atoms with van der Waals surface area (Å²) in [7, 11) is 0. The number of likely N-dealkylation sites (tertiary alicyclic amines) is 1. The molecule has 1 aromatic carbocycles. The molecule has 0 amide bonds. The highest BCUT2D eigenvalue weighted by molar-refractivity contribution is 5.91. The maximum atomic E-state index is 11.9. The molecule has 35 heavy (non-hydrogen) atoms. The molecule has 2 aromatic heterocycles. The van der Waals surface area contributed by atoms with Gasteiger partial charge in [0.2, 0.25) is 5.95 Å². The third-order valence-electron chi connectivity index (χ3n) is 7.49. The fourth-order valence-corrected chi connectivity index (χ4v) is 5.50. The zero-order valence-corrected chi connectivity index (χ0v) is 21.2. The van der Waals surface area contributed by atoms with Crippen LogP contribution in [0.3, 0.4) is 0 Å². The van der Waals surface area contributed by atoms with Crippen LogP contribution in [0, 0.1) is 0 Å². The second-order valence-electron chi connectivity index (χ2n) is 10.4. The molecule has 1 saturated heterocycles. The minimum absolute atomic E-state index is 0.193. The van der Waals surface area contributed by atoms with Crippen molar-refractivity contribution in [1.82, 2.24) is 24.6 Å². The Kier molecular flexibility index (Phi) is 7.42.